The molecule has 0 aliphatic rings. The maximum absolute atomic E-state index is 13.3. The minimum atomic E-state index is -0.828. The van der Waals surface area contributed by atoms with Crippen LogP contribution >= 0.6 is 0 Å². The molecular weight excluding hydrogens is 345 g/mol. The summed E-state index contributed by atoms with van der Waals surface area (Å²) in [7, 11) is 0. The molecule has 27 heavy (non-hydrogen) atoms. The Bertz CT molecular complexity index is 1000. The van der Waals surface area contributed by atoms with Crippen LogP contribution in [0.15, 0.2) is 66.9 Å². The molecule has 0 amide bonds. The lowest BCUT2D eigenvalue weighted by molar-refractivity contribution is -0.139. The molecular formula is C21H16FN3O2. The van der Waals surface area contributed by atoms with E-state index in [0.717, 1.165) is 5.69 Å². The van der Waals surface area contributed by atoms with E-state index in [-0.39, 0.29) is 5.82 Å². The third-order valence-electron chi connectivity index (χ3n) is 3.75. The van der Waals surface area contributed by atoms with Gasteiger partial charge < -0.3 is 4.74 Å². The molecule has 0 spiro atoms. The monoisotopic (exact) mass is 361 g/mol. The molecule has 6 heteroatoms. The molecule has 1 heterocycles. The molecule has 0 saturated carbocycles. The van der Waals surface area contributed by atoms with Crippen molar-refractivity contribution < 1.29 is 13.9 Å². The Morgan fingerprint density at radius 3 is 2.59 bits per heavy atom. The van der Waals surface area contributed by atoms with Gasteiger partial charge in [-0.3, -0.25) is 0 Å². The van der Waals surface area contributed by atoms with E-state index in [9.17, 15) is 9.18 Å². The number of nitriles is 1. The Balaban J connectivity index is 1.98. The molecule has 0 aliphatic heterocycles. The molecule has 0 unspecified atom stereocenters. The summed E-state index contributed by atoms with van der Waals surface area (Å²) in [5, 5.41) is 13.3. The average molecular weight is 361 g/mol. The topological polar surface area (TPSA) is 67.9 Å². The van der Waals surface area contributed by atoms with Gasteiger partial charge in [-0.05, 0) is 49.4 Å². The maximum Gasteiger partial charge on any atom is 0.332 e. The van der Waals surface area contributed by atoms with Crippen LogP contribution in [0.1, 0.15) is 12.5 Å². The molecule has 2 aromatic carbocycles. The van der Waals surface area contributed by atoms with Gasteiger partial charge in [0.15, 0.2) is 6.10 Å². The first kappa shape index (κ1) is 18.1. The second-order valence-corrected chi connectivity index (χ2v) is 5.76. The van der Waals surface area contributed by atoms with Crippen molar-refractivity contribution in [2.75, 3.05) is 0 Å². The van der Waals surface area contributed by atoms with Gasteiger partial charge in [0.2, 0.25) is 0 Å². The van der Waals surface area contributed by atoms with E-state index in [1.807, 2.05) is 36.4 Å². The molecule has 0 N–H and O–H groups in total. The Kier molecular flexibility index (Phi) is 5.43. The summed E-state index contributed by atoms with van der Waals surface area (Å²) in [4.78, 5) is 11.8. The number of nitrogens with zero attached hydrogens (tertiary/aromatic N) is 3. The fourth-order valence-electron chi connectivity index (χ4n) is 2.45. The molecule has 3 rings (SSSR count). The molecule has 3 aromatic rings. The molecule has 0 bridgehead atoms. The smallest absolute Gasteiger partial charge is 0.332 e. The first-order chi connectivity index (χ1) is 13.1. The Morgan fingerprint density at radius 2 is 1.93 bits per heavy atom. The largest absolute Gasteiger partial charge is 0.444 e. The Labute approximate surface area is 155 Å². The second kappa shape index (κ2) is 8.11. The van der Waals surface area contributed by atoms with Crippen LogP contribution in [0.3, 0.4) is 0 Å². The lowest BCUT2D eigenvalue weighted by Crippen LogP contribution is -2.10. The third-order valence-corrected chi connectivity index (χ3v) is 3.75. The van der Waals surface area contributed by atoms with Crippen LogP contribution in [0, 0.1) is 17.1 Å². The van der Waals surface area contributed by atoms with E-state index >= 15 is 0 Å². The van der Waals surface area contributed by atoms with Crippen LogP contribution in [-0.2, 0) is 9.53 Å². The van der Waals surface area contributed by atoms with Crippen LogP contribution in [0.4, 0.5) is 4.39 Å². The summed E-state index contributed by atoms with van der Waals surface area (Å²) >= 11 is 0. The molecule has 0 saturated heterocycles. The number of hydrogen-bond acceptors (Lipinski definition) is 4. The number of esters is 1. The number of hydrogen-bond donors (Lipinski definition) is 0. The standard InChI is InChI=1S/C21H16FN3O2/c1-15(13-23)27-20(26)12-9-17-14-25(19-5-3-2-4-6-19)24-21(17)16-7-10-18(22)11-8-16/h2-12,14-15H,1H3/b12-9+/t15-/m0/s1. The second-order valence-electron chi connectivity index (χ2n) is 5.76. The minimum Gasteiger partial charge on any atom is -0.444 e. The number of para-hydroxylation sites is 1. The van der Waals surface area contributed by atoms with E-state index in [2.05, 4.69) is 5.10 Å². The van der Waals surface area contributed by atoms with E-state index < -0.39 is 12.1 Å². The number of aromatic nitrogens is 2. The zero-order chi connectivity index (χ0) is 19.2. The molecule has 5 nitrogen and oxygen atoms in total. The highest BCUT2D eigenvalue weighted by Gasteiger charge is 2.12. The molecule has 0 radical (unpaired) electrons. The van der Waals surface area contributed by atoms with Crippen molar-refractivity contribution in [1.29, 1.82) is 5.26 Å². The van der Waals surface area contributed by atoms with E-state index in [1.54, 1.807) is 29.1 Å². The van der Waals surface area contributed by atoms with Gasteiger partial charge in [-0.25, -0.2) is 13.9 Å². The van der Waals surface area contributed by atoms with Crippen molar-refractivity contribution in [3.05, 3.63) is 78.3 Å². The van der Waals surface area contributed by atoms with E-state index in [0.29, 0.717) is 16.8 Å². The van der Waals surface area contributed by atoms with Crippen LogP contribution in [0.25, 0.3) is 23.0 Å². The van der Waals surface area contributed by atoms with Crippen molar-refractivity contribution in [2.24, 2.45) is 0 Å². The van der Waals surface area contributed by atoms with Crippen molar-refractivity contribution in [1.82, 2.24) is 9.78 Å². The molecule has 0 fully saturated rings. The van der Waals surface area contributed by atoms with Gasteiger partial charge in [-0.1, -0.05) is 18.2 Å². The van der Waals surface area contributed by atoms with Crippen molar-refractivity contribution in [3.63, 3.8) is 0 Å². The summed E-state index contributed by atoms with van der Waals surface area (Å²) in [5.74, 6) is -0.964. The number of carbonyl (C=O) groups is 1. The van der Waals surface area contributed by atoms with Crippen LogP contribution < -0.4 is 0 Å². The number of ether oxygens (including phenoxy) is 1. The van der Waals surface area contributed by atoms with E-state index in [1.165, 1.54) is 25.1 Å². The summed E-state index contributed by atoms with van der Waals surface area (Å²) in [6.07, 6.45) is 3.75. The van der Waals surface area contributed by atoms with Gasteiger partial charge in [0.25, 0.3) is 0 Å². The Hall–Kier alpha value is -3.72. The highest BCUT2D eigenvalue weighted by molar-refractivity contribution is 5.89. The van der Waals surface area contributed by atoms with Gasteiger partial charge in [-0.2, -0.15) is 10.4 Å². The van der Waals surface area contributed by atoms with Gasteiger partial charge in [0.1, 0.15) is 11.9 Å². The Morgan fingerprint density at radius 1 is 1.22 bits per heavy atom. The lowest BCUT2D eigenvalue weighted by atomic mass is 10.1. The fraction of sp³-hybridized carbons (Fsp3) is 0.0952. The summed E-state index contributed by atoms with van der Waals surface area (Å²) in [5.41, 5.74) is 2.81. The number of rotatable bonds is 5. The predicted molar refractivity (Wildman–Crippen MR) is 99.2 cm³/mol. The van der Waals surface area contributed by atoms with Crippen molar-refractivity contribution >= 4 is 12.0 Å². The zero-order valence-electron chi connectivity index (χ0n) is 14.5. The lowest BCUT2D eigenvalue weighted by Gasteiger charge is -2.02. The molecule has 1 atom stereocenters. The number of benzene rings is 2. The van der Waals surface area contributed by atoms with Gasteiger partial charge in [0.05, 0.1) is 11.4 Å². The maximum atomic E-state index is 13.3. The van der Waals surface area contributed by atoms with Gasteiger partial charge >= 0.3 is 5.97 Å². The predicted octanol–water partition coefficient (Wildman–Crippen LogP) is 4.15. The van der Waals surface area contributed by atoms with Gasteiger partial charge in [-0.15, -0.1) is 0 Å². The van der Waals surface area contributed by atoms with Crippen molar-refractivity contribution in [2.45, 2.75) is 13.0 Å². The summed E-state index contributed by atoms with van der Waals surface area (Å²) < 4.78 is 19.8. The minimum absolute atomic E-state index is 0.340. The SMILES string of the molecule is C[C@@H](C#N)OC(=O)/C=C/c1cn(-c2ccccc2)nc1-c1ccc(F)cc1. The van der Waals surface area contributed by atoms with Crippen molar-refractivity contribution in [3.8, 4) is 23.0 Å². The van der Waals surface area contributed by atoms with Crippen LogP contribution in [-0.4, -0.2) is 21.9 Å². The summed E-state index contributed by atoms with van der Waals surface area (Å²) in [6, 6.07) is 17.3. The quantitative estimate of drug-likeness (QED) is 0.506. The van der Waals surface area contributed by atoms with E-state index in [4.69, 9.17) is 10.00 Å². The fourth-order valence-corrected chi connectivity index (χ4v) is 2.45. The first-order valence-corrected chi connectivity index (χ1v) is 8.26. The average Bonchev–Trinajstić information content (AvgIpc) is 3.12. The van der Waals surface area contributed by atoms with Crippen LogP contribution in [0.2, 0.25) is 0 Å². The van der Waals surface area contributed by atoms with Crippen LogP contribution in [0.5, 0.6) is 0 Å². The molecule has 134 valence electrons. The normalized spacial score (nSPS) is 11.9. The first-order valence-electron chi connectivity index (χ1n) is 8.26. The summed E-state index contributed by atoms with van der Waals surface area (Å²) in [6.45, 7) is 1.49. The number of carbonyl (C=O) groups excluding carboxylic acids is 1. The highest BCUT2D eigenvalue weighted by atomic mass is 19.1. The molecule has 1 aromatic heterocycles. The highest BCUT2D eigenvalue weighted by Crippen LogP contribution is 2.25. The number of halogens is 1. The van der Waals surface area contributed by atoms with Gasteiger partial charge in [0, 0.05) is 23.4 Å². The third kappa shape index (κ3) is 4.47. The molecule has 0 aliphatic carbocycles. The zero-order valence-corrected chi connectivity index (χ0v) is 14.5.